The first-order chi connectivity index (χ1) is 4.35. The summed E-state index contributed by atoms with van der Waals surface area (Å²) < 4.78 is 0.475. The third kappa shape index (κ3) is 6.50. The molecular formula is C3H8S6. The molecule has 0 saturated carbocycles. The van der Waals surface area contributed by atoms with Crippen molar-refractivity contribution in [2.45, 2.75) is 3.91 Å². The van der Waals surface area contributed by atoms with Gasteiger partial charge in [-0.05, 0) is 0 Å². The highest BCUT2D eigenvalue weighted by Crippen LogP contribution is 2.36. The van der Waals surface area contributed by atoms with Crippen LogP contribution in [-0.4, -0.2) is 14.1 Å². The highest BCUT2D eigenvalue weighted by atomic mass is 33.1. The molecule has 6 heteroatoms. The second kappa shape index (κ2) is 8.20. The van der Waals surface area contributed by atoms with Gasteiger partial charge in [-0.2, -0.15) is 25.3 Å². The molecule has 0 aliphatic carbocycles. The Morgan fingerprint density at radius 3 is 1.78 bits per heavy atom. The van der Waals surface area contributed by atoms with E-state index in [0.29, 0.717) is 3.91 Å². The molecule has 0 rings (SSSR count). The molecule has 0 aromatic rings. The first kappa shape index (κ1) is 11.1. The van der Waals surface area contributed by atoms with Gasteiger partial charge in [0.15, 0.2) is 0 Å². The zero-order chi connectivity index (χ0) is 7.11. The van der Waals surface area contributed by atoms with E-state index in [1.54, 1.807) is 34.3 Å². The van der Waals surface area contributed by atoms with Crippen molar-refractivity contribution in [1.82, 2.24) is 0 Å². The van der Waals surface area contributed by atoms with E-state index in [9.17, 15) is 0 Å². The molecule has 0 fully saturated rings. The second-order valence-electron chi connectivity index (χ2n) is 0.986. The van der Waals surface area contributed by atoms with Gasteiger partial charge in [0.1, 0.15) is 3.91 Å². The molecule has 0 amide bonds. The van der Waals surface area contributed by atoms with E-state index < -0.39 is 0 Å². The fourth-order valence-electron chi connectivity index (χ4n) is 0.231. The van der Waals surface area contributed by atoms with Crippen LogP contribution in [0.2, 0.25) is 0 Å². The number of thiol groups is 3. The molecule has 0 bridgehead atoms. The van der Waals surface area contributed by atoms with E-state index in [1.165, 1.54) is 0 Å². The smallest absolute Gasteiger partial charge is 0.107 e. The SMILES string of the molecule is SCSC(SS)SCS. The Hall–Kier alpha value is 2.10. The summed E-state index contributed by atoms with van der Waals surface area (Å²) in [5.41, 5.74) is 0. The lowest BCUT2D eigenvalue weighted by Gasteiger charge is -2.07. The standard InChI is InChI=1S/C3H8S6/c4-1-7-3(9-6)8-2-5/h3-6H,1-2H2. The lowest BCUT2D eigenvalue weighted by Crippen LogP contribution is -1.85. The highest BCUT2D eigenvalue weighted by molar-refractivity contribution is 8.73. The summed E-state index contributed by atoms with van der Waals surface area (Å²) in [6.07, 6.45) is 0. The molecule has 0 unspecified atom stereocenters. The number of hydrogen-bond acceptors (Lipinski definition) is 6. The van der Waals surface area contributed by atoms with Crippen molar-refractivity contribution in [1.29, 1.82) is 0 Å². The zero-order valence-electron chi connectivity index (χ0n) is 4.56. The van der Waals surface area contributed by atoms with Crippen molar-refractivity contribution in [3.8, 4) is 0 Å². The van der Waals surface area contributed by atoms with Crippen LogP contribution in [0.5, 0.6) is 0 Å². The van der Waals surface area contributed by atoms with Gasteiger partial charge in [-0.1, -0.05) is 10.8 Å². The molecule has 9 heavy (non-hydrogen) atoms. The molecule has 0 aromatic carbocycles. The lowest BCUT2D eigenvalue weighted by molar-refractivity contribution is 2.02. The van der Waals surface area contributed by atoms with Gasteiger partial charge >= 0.3 is 0 Å². The number of thioether (sulfide) groups is 2. The van der Waals surface area contributed by atoms with Crippen LogP contribution < -0.4 is 0 Å². The molecule has 0 heterocycles. The van der Waals surface area contributed by atoms with Gasteiger partial charge < -0.3 is 0 Å². The summed E-state index contributed by atoms with van der Waals surface area (Å²) in [6.45, 7) is 0. The van der Waals surface area contributed by atoms with Gasteiger partial charge in [0, 0.05) is 10.2 Å². The van der Waals surface area contributed by atoms with Crippen LogP contribution in [-0.2, 0) is 0 Å². The normalized spacial score (nSPS) is 10.7. The maximum atomic E-state index is 4.09. The third-order valence-corrected chi connectivity index (χ3v) is 6.11. The molecule has 0 aliphatic heterocycles. The summed E-state index contributed by atoms with van der Waals surface area (Å²) in [7, 11) is 1.54. The largest absolute Gasteiger partial charge is 0.168 e. The Bertz CT molecular complexity index is 50.3. The van der Waals surface area contributed by atoms with E-state index in [4.69, 9.17) is 0 Å². The lowest BCUT2D eigenvalue weighted by atomic mass is 11.8. The summed E-state index contributed by atoms with van der Waals surface area (Å²) in [6, 6.07) is 0. The summed E-state index contributed by atoms with van der Waals surface area (Å²) in [4.78, 5) is 0. The molecule has 0 N–H and O–H groups in total. The first-order valence-electron chi connectivity index (χ1n) is 2.10. The van der Waals surface area contributed by atoms with Gasteiger partial charge in [-0.3, -0.25) is 0 Å². The Labute approximate surface area is 84.7 Å². The molecule has 0 aromatic heterocycles. The number of rotatable bonds is 5. The maximum absolute atomic E-state index is 4.09. The van der Waals surface area contributed by atoms with E-state index in [2.05, 4.69) is 36.9 Å². The fraction of sp³-hybridized carbons (Fsp3) is 1.00. The predicted molar refractivity (Wildman–Crippen MR) is 63.3 cm³/mol. The van der Waals surface area contributed by atoms with E-state index >= 15 is 0 Å². The van der Waals surface area contributed by atoms with Gasteiger partial charge in [-0.15, -0.1) is 35.2 Å². The van der Waals surface area contributed by atoms with Crippen LogP contribution in [0.15, 0.2) is 0 Å². The van der Waals surface area contributed by atoms with Crippen molar-refractivity contribution in [3.05, 3.63) is 0 Å². The average Bonchev–Trinajstić information content (AvgIpc) is 1.88. The van der Waals surface area contributed by atoms with Crippen LogP contribution in [0.4, 0.5) is 0 Å². The summed E-state index contributed by atoms with van der Waals surface area (Å²) in [5.74, 6) is 0. The molecule has 0 spiro atoms. The van der Waals surface area contributed by atoms with Crippen molar-refractivity contribution in [2.24, 2.45) is 0 Å². The summed E-state index contributed by atoms with van der Waals surface area (Å²) >= 11 is 15.8. The van der Waals surface area contributed by atoms with Gasteiger partial charge in [0.25, 0.3) is 0 Å². The molecule has 0 saturated heterocycles. The van der Waals surface area contributed by atoms with Gasteiger partial charge in [0.05, 0.1) is 0 Å². The first-order valence-corrected chi connectivity index (χ1v) is 7.39. The Morgan fingerprint density at radius 1 is 1.11 bits per heavy atom. The molecule has 0 nitrogen and oxygen atoms in total. The third-order valence-electron chi connectivity index (χ3n) is 0.507. The zero-order valence-corrected chi connectivity index (χ0v) is 9.69. The molecule has 0 radical (unpaired) electrons. The Balaban J connectivity index is 3.18. The minimum Gasteiger partial charge on any atom is -0.168 e. The highest BCUT2D eigenvalue weighted by Gasteiger charge is 2.04. The van der Waals surface area contributed by atoms with Crippen molar-refractivity contribution < 1.29 is 0 Å². The molecule has 56 valence electrons. The molecule has 0 atom stereocenters. The minimum atomic E-state index is 0.475. The molecular weight excluding hydrogens is 228 g/mol. The second-order valence-corrected chi connectivity index (χ2v) is 6.87. The topological polar surface area (TPSA) is 0 Å². The van der Waals surface area contributed by atoms with Crippen LogP contribution in [0, 0.1) is 0 Å². The van der Waals surface area contributed by atoms with Crippen molar-refractivity contribution in [3.63, 3.8) is 0 Å². The Kier molecular flexibility index (Phi) is 10.1. The monoisotopic (exact) mass is 236 g/mol. The van der Waals surface area contributed by atoms with E-state index in [1.807, 2.05) is 0 Å². The quantitative estimate of drug-likeness (QED) is 0.382. The van der Waals surface area contributed by atoms with Crippen LogP contribution in [0.25, 0.3) is 0 Å². The van der Waals surface area contributed by atoms with Crippen LogP contribution >= 0.6 is 71.2 Å². The van der Waals surface area contributed by atoms with Crippen LogP contribution in [0.1, 0.15) is 0 Å². The Morgan fingerprint density at radius 2 is 1.56 bits per heavy atom. The fourth-order valence-corrected chi connectivity index (χ4v) is 5.36. The number of hydrogen-bond donors (Lipinski definition) is 3. The average molecular weight is 236 g/mol. The van der Waals surface area contributed by atoms with E-state index in [-0.39, 0.29) is 0 Å². The van der Waals surface area contributed by atoms with Crippen molar-refractivity contribution in [2.75, 3.05) is 10.2 Å². The van der Waals surface area contributed by atoms with E-state index in [0.717, 1.165) is 10.2 Å². The van der Waals surface area contributed by atoms with Gasteiger partial charge in [0.2, 0.25) is 0 Å². The summed E-state index contributed by atoms with van der Waals surface area (Å²) in [5, 5.41) is 1.69. The molecule has 0 aliphatic rings. The predicted octanol–water partition coefficient (Wildman–Crippen LogP) is 3.09. The maximum Gasteiger partial charge on any atom is 0.107 e. The minimum absolute atomic E-state index is 0.475. The van der Waals surface area contributed by atoms with Crippen molar-refractivity contribution >= 4 is 71.2 Å². The van der Waals surface area contributed by atoms with Gasteiger partial charge in [-0.25, -0.2) is 0 Å². The van der Waals surface area contributed by atoms with Crippen LogP contribution in [0.3, 0.4) is 0 Å².